The second kappa shape index (κ2) is 3.21. The third kappa shape index (κ3) is 1.47. The Morgan fingerprint density at radius 1 is 1.50 bits per heavy atom. The molecule has 0 aromatic heterocycles. The molecule has 1 atom stereocenters. The zero-order valence-electron chi connectivity index (χ0n) is 6.53. The molecule has 0 saturated carbocycles. The summed E-state index contributed by atoms with van der Waals surface area (Å²) in [7, 11) is 0. The van der Waals surface area contributed by atoms with Crippen LogP contribution >= 0.6 is 0 Å². The molecular formula is C9H9FNO. The molecule has 0 aliphatic carbocycles. The lowest BCUT2D eigenvalue weighted by atomic mass is 10.2. The number of hydrogen-bond donors (Lipinski definition) is 0. The van der Waals surface area contributed by atoms with E-state index in [9.17, 15) is 4.39 Å². The molecule has 3 heteroatoms. The molecular weight excluding hydrogens is 157 g/mol. The van der Waals surface area contributed by atoms with Crippen LogP contribution < -0.4 is 5.32 Å². The monoisotopic (exact) mass is 166 g/mol. The van der Waals surface area contributed by atoms with Gasteiger partial charge in [0, 0.05) is 6.54 Å². The Morgan fingerprint density at radius 3 is 3.08 bits per heavy atom. The summed E-state index contributed by atoms with van der Waals surface area (Å²) < 4.78 is 18.0. The molecule has 1 fully saturated rings. The van der Waals surface area contributed by atoms with Crippen molar-refractivity contribution >= 4 is 0 Å². The highest BCUT2D eigenvalue weighted by Crippen LogP contribution is 2.19. The van der Waals surface area contributed by atoms with Crippen molar-refractivity contribution in [2.24, 2.45) is 0 Å². The maximum atomic E-state index is 12.7. The first-order valence-electron chi connectivity index (χ1n) is 3.90. The van der Waals surface area contributed by atoms with Gasteiger partial charge in [0.15, 0.2) is 0 Å². The SMILES string of the molecule is Fc1cccc(C2[N]CCO2)c1. The minimum absolute atomic E-state index is 0.238. The van der Waals surface area contributed by atoms with Crippen molar-refractivity contribution in [3.05, 3.63) is 35.6 Å². The lowest BCUT2D eigenvalue weighted by molar-refractivity contribution is 0.100. The van der Waals surface area contributed by atoms with E-state index in [1.807, 2.05) is 6.07 Å². The van der Waals surface area contributed by atoms with E-state index in [4.69, 9.17) is 4.74 Å². The Labute approximate surface area is 70.3 Å². The van der Waals surface area contributed by atoms with Gasteiger partial charge in [0.1, 0.15) is 12.0 Å². The van der Waals surface area contributed by atoms with Gasteiger partial charge in [-0.1, -0.05) is 12.1 Å². The number of benzene rings is 1. The van der Waals surface area contributed by atoms with Crippen molar-refractivity contribution in [1.29, 1.82) is 0 Å². The van der Waals surface area contributed by atoms with Crippen LogP contribution in [0.1, 0.15) is 11.8 Å². The van der Waals surface area contributed by atoms with E-state index in [2.05, 4.69) is 5.32 Å². The third-order valence-electron chi connectivity index (χ3n) is 1.80. The minimum atomic E-state index is -0.249. The molecule has 1 aliphatic heterocycles. The van der Waals surface area contributed by atoms with Gasteiger partial charge >= 0.3 is 0 Å². The van der Waals surface area contributed by atoms with Crippen molar-refractivity contribution in [2.75, 3.05) is 13.2 Å². The standard InChI is InChI=1S/C9H9FNO/c10-8-3-1-2-7(6-8)9-11-4-5-12-9/h1-3,6,9H,4-5H2. The molecule has 63 valence electrons. The van der Waals surface area contributed by atoms with Crippen LogP contribution in [-0.2, 0) is 4.74 Å². The first-order chi connectivity index (χ1) is 5.86. The molecule has 2 rings (SSSR count). The molecule has 2 nitrogen and oxygen atoms in total. The van der Waals surface area contributed by atoms with E-state index < -0.39 is 0 Å². The van der Waals surface area contributed by atoms with Crippen LogP contribution in [0.5, 0.6) is 0 Å². The van der Waals surface area contributed by atoms with E-state index >= 15 is 0 Å². The molecule has 1 heterocycles. The predicted octanol–water partition coefficient (Wildman–Crippen LogP) is 1.46. The lowest BCUT2D eigenvalue weighted by Gasteiger charge is -2.07. The summed E-state index contributed by atoms with van der Waals surface area (Å²) in [5.74, 6) is -0.238. The second-order valence-electron chi connectivity index (χ2n) is 2.68. The van der Waals surface area contributed by atoms with Gasteiger partial charge in [0.2, 0.25) is 0 Å². The smallest absolute Gasteiger partial charge is 0.149 e. The number of nitrogens with zero attached hydrogens (tertiary/aromatic N) is 1. The van der Waals surface area contributed by atoms with Crippen LogP contribution in [0.15, 0.2) is 24.3 Å². The average Bonchev–Trinajstić information content (AvgIpc) is 2.56. The van der Waals surface area contributed by atoms with Gasteiger partial charge in [-0.25, -0.2) is 9.71 Å². The van der Waals surface area contributed by atoms with Gasteiger partial charge in [-0.3, -0.25) is 0 Å². The highest BCUT2D eigenvalue weighted by Gasteiger charge is 2.17. The molecule has 1 saturated heterocycles. The fourth-order valence-electron chi connectivity index (χ4n) is 1.25. The quantitative estimate of drug-likeness (QED) is 0.619. The Hall–Kier alpha value is -0.930. The first-order valence-corrected chi connectivity index (χ1v) is 3.90. The summed E-state index contributed by atoms with van der Waals surface area (Å²) in [5, 5.41) is 4.16. The summed E-state index contributed by atoms with van der Waals surface area (Å²) >= 11 is 0. The number of halogens is 1. The van der Waals surface area contributed by atoms with Crippen LogP contribution in [-0.4, -0.2) is 13.2 Å². The van der Waals surface area contributed by atoms with Crippen molar-refractivity contribution in [1.82, 2.24) is 5.32 Å². The van der Waals surface area contributed by atoms with Gasteiger partial charge in [-0.05, 0) is 17.7 Å². The van der Waals surface area contributed by atoms with Crippen molar-refractivity contribution in [3.63, 3.8) is 0 Å². The van der Waals surface area contributed by atoms with E-state index in [0.29, 0.717) is 13.2 Å². The van der Waals surface area contributed by atoms with Crippen LogP contribution in [0.4, 0.5) is 4.39 Å². The lowest BCUT2D eigenvalue weighted by Crippen LogP contribution is -2.06. The van der Waals surface area contributed by atoms with Crippen LogP contribution in [0.2, 0.25) is 0 Å². The van der Waals surface area contributed by atoms with Crippen LogP contribution in [0.3, 0.4) is 0 Å². The largest absolute Gasteiger partial charge is 0.356 e. The van der Waals surface area contributed by atoms with Gasteiger partial charge in [0.25, 0.3) is 0 Å². The third-order valence-corrected chi connectivity index (χ3v) is 1.80. The van der Waals surface area contributed by atoms with Crippen LogP contribution in [0.25, 0.3) is 0 Å². The molecule has 1 aromatic carbocycles. The predicted molar refractivity (Wildman–Crippen MR) is 42.1 cm³/mol. The molecule has 12 heavy (non-hydrogen) atoms. The summed E-state index contributed by atoms with van der Waals surface area (Å²) in [6.07, 6.45) is -0.249. The fourth-order valence-corrected chi connectivity index (χ4v) is 1.25. The van der Waals surface area contributed by atoms with Gasteiger partial charge in [-0.15, -0.1) is 0 Å². The van der Waals surface area contributed by atoms with Gasteiger partial charge < -0.3 is 4.74 Å². The van der Waals surface area contributed by atoms with E-state index in [1.54, 1.807) is 6.07 Å². The minimum Gasteiger partial charge on any atom is -0.356 e. The fraction of sp³-hybridized carbons (Fsp3) is 0.333. The van der Waals surface area contributed by atoms with Crippen LogP contribution in [0, 0.1) is 5.82 Å². The topological polar surface area (TPSA) is 23.3 Å². The van der Waals surface area contributed by atoms with Crippen molar-refractivity contribution < 1.29 is 9.13 Å². The van der Waals surface area contributed by atoms with Gasteiger partial charge in [0.05, 0.1) is 6.61 Å². The van der Waals surface area contributed by atoms with Gasteiger partial charge in [-0.2, -0.15) is 0 Å². The number of ether oxygens (including phenoxy) is 1. The second-order valence-corrected chi connectivity index (χ2v) is 2.68. The van der Waals surface area contributed by atoms with E-state index in [0.717, 1.165) is 5.56 Å². The molecule has 1 aliphatic rings. The Balaban J connectivity index is 2.21. The summed E-state index contributed by atoms with van der Waals surface area (Å²) in [5.41, 5.74) is 0.799. The molecule has 0 bridgehead atoms. The number of hydrogen-bond acceptors (Lipinski definition) is 1. The highest BCUT2D eigenvalue weighted by molar-refractivity contribution is 5.18. The van der Waals surface area contributed by atoms with Crippen molar-refractivity contribution in [2.45, 2.75) is 6.23 Å². The molecule has 1 unspecified atom stereocenters. The summed E-state index contributed by atoms with van der Waals surface area (Å²) in [4.78, 5) is 0. The molecule has 0 amide bonds. The normalized spacial score (nSPS) is 22.9. The molecule has 0 N–H and O–H groups in total. The zero-order valence-corrected chi connectivity index (χ0v) is 6.53. The molecule has 0 spiro atoms. The van der Waals surface area contributed by atoms with E-state index in [1.165, 1.54) is 12.1 Å². The van der Waals surface area contributed by atoms with E-state index in [-0.39, 0.29) is 12.0 Å². The highest BCUT2D eigenvalue weighted by atomic mass is 19.1. The summed E-state index contributed by atoms with van der Waals surface area (Å²) in [6, 6.07) is 6.36. The molecule has 1 aromatic rings. The first kappa shape index (κ1) is 7.71. The Morgan fingerprint density at radius 2 is 2.42 bits per heavy atom. The number of rotatable bonds is 1. The zero-order chi connectivity index (χ0) is 8.39. The Bertz CT molecular complexity index is 271. The molecule has 1 radical (unpaired) electrons. The summed E-state index contributed by atoms with van der Waals surface area (Å²) in [6.45, 7) is 1.35. The maximum Gasteiger partial charge on any atom is 0.149 e. The Kier molecular flexibility index (Phi) is 2.06. The average molecular weight is 166 g/mol. The van der Waals surface area contributed by atoms with Crippen molar-refractivity contribution in [3.8, 4) is 0 Å². The maximum absolute atomic E-state index is 12.7.